The molecular formula is C15H21N5O. The molecule has 0 bridgehead atoms. The predicted molar refractivity (Wildman–Crippen MR) is 82.3 cm³/mol. The first kappa shape index (κ1) is 14.2. The lowest BCUT2D eigenvalue weighted by molar-refractivity contribution is 0.182. The van der Waals surface area contributed by atoms with Crippen molar-refractivity contribution in [1.29, 1.82) is 0 Å². The predicted octanol–water partition coefficient (Wildman–Crippen LogP) is 1.12. The molecule has 112 valence electrons. The fraction of sp³-hybridized carbons (Fsp3) is 0.533. The Morgan fingerprint density at radius 2 is 2.19 bits per heavy atom. The van der Waals surface area contributed by atoms with Crippen LogP contribution in [-0.4, -0.2) is 57.2 Å². The Labute approximate surface area is 124 Å². The van der Waals surface area contributed by atoms with Crippen molar-refractivity contribution >= 4 is 16.9 Å². The van der Waals surface area contributed by atoms with Gasteiger partial charge in [0.25, 0.3) is 0 Å². The number of nitrogens with one attached hydrogen (secondary N) is 1. The number of aliphatic hydroxyl groups is 1. The van der Waals surface area contributed by atoms with Gasteiger partial charge in [0.1, 0.15) is 12.1 Å². The fourth-order valence-electron chi connectivity index (χ4n) is 3.11. The highest BCUT2D eigenvalue weighted by Crippen LogP contribution is 2.25. The SMILES string of the molecule is Cc1cc(C)c2c(N[C@@H]3C[C@@H](CO)N(C)C3)ncnc2n1. The summed E-state index contributed by atoms with van der Waals surface area (Å²) in [4.78, 5) is 15.3. The summed E-state index contributed by atoms with van der Waals surface area (Å²) < 4.78 is 0. The van der Waals surface area contributed by atoms with Crippen LogP contribution in [0.5, 0.6) is 0 Å². The highest BCUT2D eigenvalue weighted by atomic mass is 16.3. The van der Waals surface area contributed by atoms with E-state index >= 15 is 0 Å². The van der Waals surface area contributed by atoms with Gasteiger partial charge in [-0.2, -0.15) is 0 Å². The number of anilines is 1. The van der Waals surface area contributed by atoms with E-state index in [9.17, 15) is 5.11 Å². The Bertz CT molecular complexity index is 660. The van der Waals surface area contributed by atoms with E-state index in [2.05, 4.69) is 32.1 Å². The van der Waals surface area contributed by atoms with Crippen LogP contribution in [0.25, 0.3) is 11.0 Å². The largest absolute Gasteiger partial charge is 0.395 e. The first-order valence-electron chi connectivity index (χ1n) is 7.25. The topological polar surface area (TPSA) is 74.2 Å². The number of fused-ring (bicyclic) bond motifs is 1. The molecule has 2 N–H and O–H groups in total. The van der Waals surface area contributed by atoms with E-state index < -0.39 is 0 Å². The summed E-state index contributed by atoms with van der Waals surface area (Å²) in [6, 6.07) is 2.55. The lowest BCUT2D eigenvalue weighted by Crippen LogP contribution is -2.28. The van der Waals surface area contributed by atoms with E-state index in [0.717, 1.165) is 41.1 Å². The van der Waals surface area contributed by atoms with Gasteiger partial charge in [-0.05, 0) is 38.9 Å². The molecule has 3 heterocycles. The molecule has 0 radical (unpaired) electrons. The summed E-state index contributed by atoms with van der Waals surface area (Å²) in [6.07, 6.45) is 2.47. The van der Waals surface area contributed by atoms with Gasteiger partial charge in [-0.25, -0.2) is 15.0 Å². The third-order valence-corrected chi connectivity index (χ3v) is 4.17. The maximum absolute atomic E-state index is 9.36. The summed E-state index contributed by atoms with van der Waals surface area (Å²) >= 11 is 0. The lowest BCUT2D eigenvalue weighted by atomic mass is 10.1. The van der Waals surface area contributed by atoms with Crippen LogP contribution in [0.2, 0.25) is 0 Å². The quantitative estimate of drug-likeness (QED) is 0.881. The fourth-order valence-corrected chi connectivity index (χ4v) is 3.11. The van der Waals surface area contributed by atoms with Crippen molar-refractivity contribution in [2.45, 2.75) is 32.4 Å². The smallest absolute Gasteiger partial charge is 0.165 e. The van der Waals surface area contributed by atoms with Crippen LogP contribution in [0, 0.1) is 13.8 Å². The maximum atomic E-state index is 9.36. The molecule has 0 amide bonds. The molecule has 0 aromatic carbocycles. The molecule has 2 atom stereocenters. The number of aliphatic hydroxyl groups excluding tert-OH is 1. The molecule has 6 nitrogen and oxygen atoms in total. The van der Waals surface area contributed by atoms with Gasteiger partial charge < -0.3 is 10.4 Å². The molecule has 2 aromatic rings. The average Bonchev–Trinajstić information content (AvgIpc) is 2.78. The molecule has 3 rings (SSSR count). The van der Waals surface area contributed by atoms with Crippen LogP contribution >= 0.6 is 0 Å². The van der Waals surface area contributed by atoms with Gasteiger partial charge in [-0.1, -0.05) is 0 Å². The second-order valence-electron chi connectivity index (χ2n) is 5.85. The number of aromatic nitrogens is 3. The summed E-state index contributed by atoms with van der Waals surface area (Å²) in [5.74, 6) is 0.835. The van der Waals surface area contributed by atoms with Crippen molar-refractivity contribution in [2.75, 3.05) is 25.5 Å². The molecule has 2 aromatic heterocycles. The zero-order chi connectivity index (χ0) is 15.0. The van der Waals surface area contributed by atoms with Gasteiger partial charge in [0.2, 0.25) is 0 Å². The molecule has 21 heavy (non-hydrogen) atoms. The average molecular weight is 287 g/mol. The van der Waals surface area contributed by atoms with Crippen molar-refractivity contribution in [3.8, 4) is 0 Å². The summed E-state index contributed by atoms with van der Waals surface area (Å²) in [6.45, 7) is 5.12. The van der Waals surface area contributed by atoms with Crippen LogP contribution in [0.1, 0.15) is 17.7 Å². The number of rotatable bonds is 3. The second-order valence-corrected chi connectivity index (χ2v) is 5.85. The molecule has 1 aliphatic rings. The van der Waals surface area contributed by atoms with Gasteiger partial charge in [0.05, 0.1) is 12.0 Å². The van der Waals surface area contributed by atoms with Crippen LogP contribution in [-0.2, 0) is 0 Å². The zero-order valence-corrected chi connectivity index (χ0v) is 12.7. The van der Waals surface area contributed by atoms with E-state index in [1.807, 2.05) is 20.0 Å². The minimum Gasteiger partial charge on any atom is -0.395 e. The van der Waals surface area contributed by atoms with E-state index in [0.29, 0.717) is 0 Å². The number of hydrogen-bond donors (Lipinski definition) is 2. The minimum absolute atomic E-state index is 0.193. The van der Waals surface area contributed by atoms with Crippen molar-refractivity contribution in [3.63, 3.8) is 0 Å². The van der Waals surface area contributed by atoms with E-state index in [-0.39, 0.29) is 18.7 Å². The number of hydrogen-bond acceptors (Lipinski definition) is 6. The lowest BCUT2D eigenvalue weighted by Gasteiger charge is -2.16. The van der Waals surface area contributed by atoms with E-state index in [4.69, 9.17) is 0 Å². The van der Waals surface area contributed by atoms with Crippen LogP contribution in [0.3, 0.4) is 0 Å². The summed E-state index contributed by atoms with van der Waals surface area (Å²) in [7, 11) is 2.04. The van der Waals surface area contributed by atoms with Crippen molar-refractivity contribution < 1.29 is 5.11 Å². The van der Waals surface area contributed by atoms with Gasteiger partial charge in [0.15, 0.2) is 5.65 Å². The Morgan fingerprint density at radius 1 is 1.38 bits per heavy atom. The number of pyridine rings is 1. The van der Waals surface area contributed by atoms with Gasteiger partial charge in [-0.15, -0.1) is 0 Å². The number of aryl methyl sites for hydroxylation is 2. The first-order valence-corrected chi connectivity index (χ1v) is 7.25. The molecule has 1 saturated heterocycles. The maximum Gasteiger partial charge on any atom is 0.165 e. The Kier molecular flexibility index (Phi) is 3.73. The third kappa shape index (κ3) is 2.69. The third-order valence-electron chi connectivity index (χ3n) is 4.17. The van der Waals surface area contributed by atoms with Gasteiger partial charge in [-0.3, -0.25) is 4.90 Å². The number of likely N-dealkylation sites (N-methyl/N-ethyl adjacent to an activating group) is 1. The summed E-state index contributed by atoms with van der Waals surface area (Å²) in [5.41, 5.74) is 2.83. The van der Waals surface area contributed by atoms with Crippen LogP contribution in [0.15, 0.2) is 12.4 Å². The monoisotopic (exact) mass is 287 g/mol. The molecule has 0 aliphatic carbocycles. The van der Waals surface area contributed by atoms with Crippen LogP contribution in [0.4, 0.5) is 5.82 Å². The van der Waals surface area contributed by atoms with Crippen LogP contribution < -0.4 is 5.32 Å². The Morgan fingerprint density at radius 3 is 2.90 bits per heavy atom. The number of nitrogens with zero attached hydrogens (tertiary/aromatic N) is 4. The minimum atomic E-state index is 0.193. The summed E-state index contributed by atoms with van der Waals surface area (Å²) in [5, 5.41) is 13.8. The Balaban J connectivity index is 1.91. The molecule has 0 unspecified atom stereocenters. The van der Waals surface area contributed by atoms with Gasteiger partial charge in [0, 0.05) is 24.3 Å². The molecule has 0 saturated carbocycles. The van der Waals surface area contributed by atoms with E-state index in [1.54, 1.807) is 6.33 Å². The van der Waals surface area contributed by atoms with Crippen molar-refractivity contribution in [2.24, 2.45) is 0 Å². The normalized spacial score (nSPS) is 22.9. The van der Waals surface area contributed by atoms with E-state index in [1.165, 1.54) is 0 Å². The zero-order valence-electron chi connectivity index (χ0n) is 12.7. The van der Waals surface area contributed by atoms with Crippen molar-refractivity contribution in [3.05, 3.63) is 23.7 Å². The van der Waals surface area contributed by atoms with Gasteiger partial charge >= 0.3 is 0 Å². The Hall–Kier alpha value is -1.79. The molecule has 1 fully saturated rings. The number of likely N-dealkylation sites (tertiary alicyclic amines) is 1. The highest BCUT2D eigenvalue weighted by molar-refractivity contribution is 5.89. The second kappa shape index (κ2) is 5.54. The molecule has 6 heteroatoms. The highest BCUT2D eigenvalue weighted by Gasteiger charge is 2.29. The molecule has 0 spiro atoms. The molecular weight excluding hydrogens is 266 g/mol. The molecule has 1 aliphatic heterocycles. The standard InChI is InChI=1S/C15H21N5O/c1-9-4-10(2)18-14-13(9)15(17-8-16-14)19-11-5-12(7-21)20(3)6-11/h4,8,11-12,21H,5-7H2,1-3H3,(H,16,17,18,19)/t11-,12+/m1/s1. The first-order chi connectivity index (χ1) is 10.1. The van der Waals surface area contributed by atoms with Crippen molar-refractivity contribution in [1.82, 2.24) is 19.9 Å².